The van der Waals surface area contributed by atoms with Crippen LogP contribution in [0, 0.1) is 0 Å². The molecule has 0 saturated carbocycles. The van der Waals surface area contributed by atoms with Crippen molar-refractivity contribution in [2.24, 2.45) is 0 Å². The molecule has 48 valence electrons. The molecule has 0 N–H and O–H groups in total. The van der Waals surface area contributed by atoms with Crippen molar-refractivity contribution in [1.82, 2.24) is 0 Å². The molecule has 0 aliphatic heterocycles. The third kappa shape index (κ3) is 2.21. The molecule has 0 rings (SSSR count). The second-order valence-electron chi connectivity index (χ2n) is 1.45. The highest BCUT2D eigenvalue weighted by Gasteiger charge is 2.09. The van der Waals surface area contributed by atoms with Crippen LogP contribution in [0.5, 0.6) is 0 Å². The first kappa shape index (κ1) is 7.82. The van der Waals surface area contributed by atoms with Crippen LogP contribution in [0.1, 0.15) is 13.3 Å². The molecule has 3 heteroatoms. The van der Waals surface area contributed by atoms with Gasteiger partial charge in [0.05, 0.1) is 12.4 Å². The van der Waals surface area contributed by atoms with E-state index in [0.717, 1.165) is 6.42 Å². The lowest BCUT2D eigenvalue weighted by Crippen LogP contribution is -2.14. The van der Waals surface area contributed by atoms with E-state index in [1.807, 2.05) is 6.92 Å². The van der Waals surface area contributed by atoms with Crippen LogP contribution < -0.4 is 0 Å². The minimum absolute atomic E-state index is 0.250. The van der Waals surface area contributed by atoms with Gasteiger partial charge in [-0.15, -0.1) is 0 Å². The molecule has 8 heavy (non-hydrogen) atoms. The molecule has 0 heterocycles. The molecule has 0 amide bonds. The fraction of sp³-hybridized carbons (Fsp3) is 0.800. The van der Waals surface area contributed by atoms with Gasteiger partial charge in [-0.3, -0.25) is 4.79 Å². The van der Waals surface area contributed by atoms with E-state index in [2.05, 4.69) is 17.4 Å². The van der Waals surface area contributed by atoms with E-state index < -0.39 is 0 Å². The van der Waals surface area contributed by atoms with Crippen molar-refractivity contribution in [2.75, 3.05) is 7.11 Å². The third-order valence-electron chi connectivity index (χ3n) is 0.860. The van der Waals surface area contributed by atoms with E-state index in [1.54, 1.807) is 0 Å². The van der Waals surface area contributed by atoms with Crippen LogP contribution in [0.25, 0.3) is 0 Å². The highest BCUT2D eigenvalue weighted by molar-refractivity contribution is 7.81. The number of methoxy groups -OCH3 is 1. The Morgan fingerprint density at radius 3 is 2.50 bits per heavy atom. The van der Waals surface area contributed by atoms with Crippen LogP contribution in [0.3, 0.4) is 0 Å². The van der Waals surface area contributed by atoms with Gasteiger partial charge >= 0.3 is 5.97 Å². The third-order valence-corrected chi connectivity index (χ3v) is 1.44. The van der Waals surface area contributed by atoms with Crippen molar-refractivity contribution in [3.8, 4) is 0 Å². The summed E-state index contributed by atoms with van der Waals surface area (Å²) in [6.45, 7) is 1.88. The quantitative estimate of drug-likeness (QED) is 0.448. The lowest BCUT2D eigenvalue weighted by atomic mass is 10.3. The summed E-state index contributed by atoms with van der Waals surface area (Å²) < 4.78 is 4.39. The highest BCUT2D eigenvalue weighted by atomic mass is 32.1. The first-order valence-electron chi connectivity index (χ1n) is 2.48. The van der Waals surface area contributed by atoms with E-state index >= 15 is 0 Å². The van der Waals surface area contributed by atoms with E-state index in [-0.39, 0.29) is 11.2 Å². The standard InChI is InChI=1S/C5H10O2S/c1-3-4(8)5(6)7-2/h4,8H,3H2,1-2H3/t4-/m1/s1. The second kappa shape index (κ2) is 3.78. The Bertz CT molecular complexity index is 82.5. The maximum absolute atomic E-state index is 10.4. The number of ether oxygens (including phenoxy) is 1. The summed E-state index contributed by atoms with van der Waals surface area (Å²) in [5, 5.41) is -0.250. The van der Waals surface area contributed by atoms with Crippen molar-refractivity contribution < 1.29 is 9.53 Å². The van der Waals surface area contributed by atoms with Gasteiger partial charge < -0.3 is 4.74 Å². The largest absolute Gasteiger partial charge is 0.468 e. The van der Waals surface area contributed by atoms with Gasteiger partial charge in [-0.25, -0.2) is 0 Å². The van der Waals surface area contributed by atoms with Crippen molar-refractivity contribution >= 4 is 18.6 Å². The number of hydrogen-bond donors (Lipinski definition) is 1. The number of rotatable bonds is 2. The fourth-order valence-electron chi connectivity index (χ4n) is 0.303. The number of carbonyl (C=O) groups is 1. The lowest BCUT2D eigenvalue weighted by Gasteiger charge is -2.02. The summed E-state index contributed by atoms with van der Waals surface area (Å²) in [6.07, 6.45) is 0.718. The number of carbonyl (C=O) groups excluding carboxylic acids is 1. The van der Waals surface area contributed by atoms with Gasteiger partial charge in [0, 0.05) is 0 Å². The molecule has 0 unspecified atom stereocenters. The fourth-order valence-corrected chi connectivity index (χ4v) is 0.408. The molecule has 2 nitrogen and oxygen atoms in total. The van der Waals surface area contributed by atoms with Gasteiger partial charge in [-0.05, 0) is 6.42 Å². The molecule has 0 aromatic heterocycles. The summed E-state index contributed by atoms with van der Waals surface area (Å²) in [5.74, 6) is -0.254. The highest BCUT2D eigenvalue weighted by Crippen LogP contribution is 2.00. The van der Waals surface area contributed by atoms with Crippen LogP contribution >= 0.6 is 12.6 Å². The average Bonchev–Trinajstić information content (AvgIpc) is 1.84. The number of hydrogen-bond acceptors (Lipinski definition) is 3. The summed E-state index contributed by atoms with van der Waals surface area (Å²) in [6, 6.07) is 0. The van der Waals surface area contributed by atoms with Crippen molar-refractivity contribution in [1.29, 1.82) is 0 Å². The SMILES string of the molecule is CC[C@@H](S)C(=O)OC. The molecule has 1 atom stereocenters. The smallest absolute Gasteiger partial charge is 0.318 e. The van der Waals surface area contributed by atoms with Crippen molar-refractivity contribution in [3.05, 3.63) is 0 Å². The van der Waals surface area contributed by atoms with Gasteiger partial charge in [-0.2, -0.15) is 12.6 Å². The minimum Gasteiger partial charge on any atom is -0.468 e. The Morgan fingerprint density at radius 1 is 1.88 bits per heavy atom. The monoisotopic (exact) mass is 134 g/mol. The van der Waals surface area contributed by atoms with E-state index in [4.69, 9.17) is 0 Å². The first-order valence-corrected chi connectivity index (χ1v) is 3.00. The molecule has 0 aliphatic carbocycles. The first-order chi connectivity index (χ1) is 3.72. The van der Waals surface area contributed by atoms with Crippen LogP contribution in [0.2, 0.25) is 0 Å². The summed E-state index contributed by atoms with van der Waals surface area (Å²) in [4.78, 5) is 10.4. The van der Waals surface area contributed by atoms with Crippen molar-refractivity contribution in [3.63, 3.8) is 0 Å². The molecule has 0 spiro atoms. The predicted octanol–water partition coefficient (Wildman–Crippen LogP) is 0.868. The zero-order valence-electron chi connectivity index (χ0n) is 5.05. The van der Waals surface area contributed by atoms with Crippen LogP contribution in [-0.2, 0) is 9.53 Å². The Kier molecular flexibility index (Phi) is 3.69. The van der Waals surface area contributed by atoms with Gasteiger partial charge in [0.1, 0.15) is 0 Å². The zero-order chi connectivity index (χ0) is 6.57. The zero-order valence-corrected chi connectivity index (χ0v) is 5.94. The van der Waals surface area contributed by atoms with E-state index in [0.29, 0.717) is 0 Å². The molecular weight excluding hydrogens is 124 g/mol. The number of thiol groups is 1. The van der Waals surface area contributed by atoms with Gasteiger partial charge in [0.15, 0.2) is 0 Å². The van der Waals surface area contributed by atoms with Crippen LogP contribution in [0.4, 0.5) is 0 Å². The Labute approximate surface area is 54.6 Å². The molecule has 0 aromatic carbocycles. The van der Waals surface area contributed by atoms with Gasteiger partial charge in [0.2, 0.25) is 0 Å². The molecule has 0 saturated heterocycles. The van der Waals surface area contributed by atoms with Gasteiger partial charge in [-0.1, -0.05) is 6.92 Å². The molecular formula is C5H10O2S. The van der Waals surface area contributed by atoms with Crippen LogP contribution in [0.15, 0.2) is 0 Å². The molecule has 0 aliphatic rings. The van der Waals surface area contributed by atoms with E-state index in [1.165, 1.54) is 7.11 Å². The lowest BCUT2D eigenvalue weighted by molar-refractivity contribution is -0.139. The topological polar surface area (TPSA) is 26.3 Å². The van der Waals surface area contributed by atoms with Crippen LogP contribution in [-0.4, -0.2) is 18.3 Å². The van der Waals surface area contributed by atoms with E-state index in [9.17, 15) is 4.79 Å². The maximum atomic E-state index is 10.4. The Morgan fingerprint density at radius 2 is 2.38 bits per heavy atom. The molecule has 0 radical (unpaired) electrons. The molecule has 0 fully saturated rings. The Hall–Kier alpha value is -0.180. The van der Waals surface area contributed by atoms with Crippen molar-refractivity contribution in [2.45, 2.75) is 18.6 Å². The van der Waals surface area contributed by atoms with Gasteiger partial charge in [0.25, 0.3) is 0 Å². The maximum Gasteiger partial charge on any atom is 0.318 e. The average molecular weight is 134 g/mol. The summed E-state index contributed by atoms with van der Waals surface area (Å²) >= 11 is 3.93. The summed E-state index contributed by atoms with van der Waals surface area (Å²) in [5.41, 5.74) is 0. The molecule has 0 bridgehead atoms. The Balaban J connectivity index is 3.46. The predicted molar refractivity (Wildman–Crippen MR) is 35.1 cm³/mol. The normalized spacial score (nSPS) is 12.9. The minimum atomic E-state index is -0.254. The summed E-state index contributed by atoms with van der Waals surface area (Å²) in [7, 11) is 1.36. The number of esters is 1. The second-order valence-corrected chi connectivity index (χ2v) is 2.07. The molecule has 0 aromatic rings.